The molecule has 5 unspecified atom stereocenters. The van der Waals surface area contributed by atoms with Gasteiger partial charge in [0.25, 0.3) is 0 Å². The highest BCUT2D eigenvalue weighted by Crippen LogP contribution is 2.19. The number of aliphatic hydroxyl groups excluding tert-OH is 1. The number of nitrogens with one attached hydrogen (secondary N) is 4. The Morgan fingerprint density at radius 1 is 1.03 bits per heavy atom. The van der Waals surface area contributed by atoms with Gasteiger partial charge in [-0.15, -0.1) is 0 Å². The van der Waals surface area contributed by atoms with Crippen LogP contribution in [-0.4, -0.2) is 81.7 Å². The zero-order valence-corrected chi connectivity index (χ0v) is 22.1. The molecule has 1 heterocycles. The number of aromatic nitrogens is 1. The first kappa shape index (κ1) is 30.1. The van der Waals surface area contributed by atoms with E-state index in [2.05, 4.69) is 20.9 Å². The zero-order chi connectivity index (χ0) is 27.5. The number of aromatic amines is 1. The molecular weight excluding hydrogens is 498 g/mol. The Balaban J connectivity index is 2.25. The molecule has 0 saturated heterocycles. The second kappa shape index (κ2) is 14.6. The van der Waals surface area contributed by atoms with Crippen LogP contribution < -0.4 is 21.7 Å². The molecule has 2 rings (SSSR count). The fraction of sp³-hybridized carbons (Fsp3) is 0.520. The lowest BCUT2D eigenvalue weighted by molar-refractivity contribution is -0.142. The van der Waals surface area contributed by atoms with Crippen LogP contribution in [0.5, 0.6) is 0 Å². The fourth-order valence-electron chi connectivity index (χ4n) is 3.74. The monoisotopic (exact) mass is 535 g/mol. The number of H-pyrrole nitrogens is 1. The molecule has 1 aromatic carbocycles. The molecule has 0 aliphatic carbocycles. The lowest BCUT2D eigenvalue weighted by Crippen LogP contribution is -2.59. The Labute approximate surface area is 220 Å². The first-order chi connectivity index (χ1) is 17.6. The van der Waals surface area contributed by atoms with E-state index in [1.165, 1.54) is 11.8 Å². The van der Waals surface area contributed by atoms with Crippen molar-refractivity contribution in [3.63, 3.8) is 0 Å². The van der Waals surface area contributed by atoms with Crippen molar-refractivity contribution in [2.75, 3.05) is 18.6 Å². The second-order valence-corrected chi connectivity index (χ2v) is 9.95. The molecular formula is C25H37N5O6S. The summed E-state index contributed by atoms with van der Waals surface area (Å²) in [6.07, 6.45) is 4.46. The number of hydrogen-bond donors (Lipinski definition) is 7. The van der Waals surface area contributed by atoms with Crippen molar-refractivity contribution in [1.82, 2.24) is 20.9 Å². The van der Waals surface area contributed by atoms with Gasteiger partial charge in [0.1, 0.15) is 18.1 Å². The van der Waals surface area contributed by atoms with Crippen molar-refractivity contribution in [3.8, 4) is 0 Å². The van der Waals surface area contributed by atoms with Crippen LogP contribution in [0.1, 0.15) is 32.3 Å². The maximum atomic E-state index is 13.2. The molecule has 12 heteroatoms. The van der Waals surface area contributed by atoms with Gasteiger partial charge in [0.05, 0.1) is 12.6 Å². The standard InChI is InChI=1S/C25H37N5O6S/c1-4-14(2)21(26)24(34)30-20(13-31)23(33)29-19(22(32)28-18(25(35)36)9-10-37-3)11-15-12-27-17-8-6-5-7-16(15)17/h5-8,12,14,18-21,27,31H,4,9-11,13,26H2,1-3H3,(H,28,32)(H,29,33)(H,30,34)(H,35,36). The molecule has 8 N–H and O–H groups in total. The van der Waals surface area contributed by atoms with Gasteiger partial charge >= 0.3 is 5.97 Å². The van der Waals surface area contributed by atoms with E-state index in [0.717, 1.165) is 16.5 Å². The van der Waals surface area contributed by atoms with Crippen molar-refractivity contribution in [3.05, 3.63) is 36.0 Å². The van der Waals surface area contributed by atoms with E-state index < -0.39 is 54.5 Å². The van der Waals surface area contributed by atoms with Gasteiger partial charge in [-0.05, 0) is 36.0 Å². The summed E-state index contributed by atoms with van der Waals surface area (Å²) in [7, 11) is 0. The molecule has 11 nitrogen and oxygen atoms in total. The van der Waals surface area contributed by atoms with Gasteiger partial charge in [0.2, 0.25) is 17.7 Å². The molecule has 0 bridgehead atoms. The summed E-state index contributed by atoms with van der Waals surface area (Å²) in [6, 6.07) is 2.92. The number of carboxylic acids is 1. The highest BCUT2D eigenvalue weighted by Gasteiger charge is 2.31. The van der Waals surface area contributed by atoms with Crippen LogP contribution >= 0.6 is 11.8 Å². The van der Waals surface area contributed by atoms with Crippen LogP contribution in [0, 0.1) is 5.92 Å². The van der Waals surface area contributed by atoms with E-state index in [0.29, 0.717) is 12.2 Å². The number of thioether (sulfide) groups is 1. The summed E-state index contributed by atoms with van der Waals surface area (Å²) in [4.78, 5) is 53.5. The summed E-state index contributed by atoms with van der Waals surface area (Å²) in [5.74, 6) is -2.87. The molecule has 5 atom stereocenters. The van der Waals surface area contributed by atoms with Crippen LogP contribution in [0.2, 0.25) is 0 Å². The van der Waals surface area contributed by atoms with E-state index >= 15 is 0 Å². The molecule has 0 aliphatic rings. The number of hydrogen-bond acceptors (Lipinski definition) is 7. The minimum absolute atomic E-state index is 0.0505. The minimum Gasteiger partial charge on any atom is -0.480 e. The Bertz CT molecular complexity index is 1080. The molecule has 37 heavy (non-hydrogen) atoms. The SMILES string of the molecule is CCC(C)C(N)C(=O)NC(CO)C(=O)NC(Cc1c[nH]c2ccccc12)C(=O)NC(CCSC)C(=O)O. The molecule has 0 aliphatic heterocycles. The Kier molecular flexibility index (Phi) is 11.9. The summed E-state index contributed by atoms with van der Waals surface area (Å²) < 4.78 is 0. The molecule has 1 aromatic heterocycles. The van der Waals surface area contributed by atoms with Gasteiger partial charge < -0.3 is 36.9 Å². The smallest absolute Gasteiger partial charge is 0.326 e. The first-order valence-electron chi connectivity index (χ1n) is 12.2. The van der Waals surface area contributed by atoms with Crippen molar-refractivity contribution in [2.45, 2.75) is 57.3 Å². The van der Waals surface area contributed by atoms with Crippen LogP contribution in [-0.2, 0) is 25.6 Å². The van der Waals surface area contributed by atoms with Crippen LogP contribution in [0.4, 0.5) is 0 Å². The third kappa shape index (κ3) is 8.48. The maximum absolute atomic E-state index is 13.2. The predicted octanol–water partition coefficient (Wildman–Crippen LogP) is 0.368. The number of para-hydroxylation sites is 1. The van der Waals surface area contributed by atoms with E-state index in [9.17, 15) is 29.4 Å². The van der Waals surface area contributed by atoms with E-state index in [1.54, 1.807) is 13.1 Å². The molecule has 0 saturated carbocycles. The number of amides is 3. The molecule has 0 radical (unpaired) electrons. The van der Waals surface area contributed by atoms with Gasteiger partial charge in [0.15, 0.2) is 0 Å². The number of carbonyl (C=O) groups excluding carboxylic acids is 3. The summed E-state index contributed by atoms with van der Waals surface area (Å²) in [6.45, 7) is 2.97. The fourth-order valence-corrected chi connectivity index (χ4v) is 4.21. The Morgan fingerprint density at radius 2 is 1.65 bits per heavy atom. The number of carbonyl (C=O) groups is 4. The maximum Gasteiger partial charge on any atom is 0.326 e. The van der Waals surface area contributed by atoms with Crippen LogP contribution in [0.25, 0.3) is 10.9 Å². The highest BCUT2D eigenvalue weighted by atomic mass is 32.2. The number of rotatable bonds is 15. The topological polar surface area (TPSA) is 187 Å². The normalized spacial score (nSPS) is 15.3. The Hall–Kier alpha value is -3.09. The van der Waals surface area contributed by atoms with E-state index in [-0.39, 0.29) is 18.8 Å². The second-order valence-electron chi connectivity index (χ2n) is 8.96. The molecule has 0 fully saturated rings. The van der Waals surface area contributed by atoms with Crippen LogP contribution in [0.15, 0.2) is 30.5 Å². The van der Waals surface area contributed by atoms with Gasteiger partial charge in [-0.3, -0.25) is 14.4 Å². The largest absolute Gasteiger partial charge is 0.480 e. The summed E-state index contributed by atoms with van der Waals surface area (Å²) >= 11 is 1.45. The van der Waals surface area contributed by atoms with E-state index in [1.807, 2.05) is 37.4 Å². The Morgan fingerprint density at radius 3 is 2.27 bits per heavy atom. The lowest BCUT2D eigenvalue weighted by Gasteiger charge is -2.25. The van der Waals surface area contributed by atoms with Crippen molar-refractivity contribution >= 4 is 46.4 Å². The van der Waals surface area contributed by atoms with Crippen LogP contribution in [0.3, 0.4) is 0 Å². The van der Waals surface area contributed by atoms with Crippen molar-refractivity contribution in [2.24, 2.45) is 11.7 Å². The predicted molar refractivity (Wildman–Crippen MR) is 143 cm³/mol. The van der Waals surface area contributed by atoms with Gasteiger partial charge in [-0.25, -0.2) is 4.79 Å². The first-order valence-corrected chi connectivity index (χ1v) is 13.6. The number of carboxylic acid groups (broad SMARTS) is 1. The number of aliphatic hydroxyl groups is 1. The third-order valence-electron chi connectivity index (χ3n) is 6.33. The summed E-state index contributed by atoms with van der Waals surface area (Å²) in [5, 5.41) is 27.7. The van der Waals surface area contributed by atoms with Gasteiger partial charge in [0, 0.05) is 23.5 Å². The quantitative estimate of drug-likeness (QED) is 0.170. The van der Waals surface area contributed by atoms with Crippen molar-refractivity contribution in [1.29, 1.82) is 0 Å². The van der Waals surface area contributed by atoms with Gasteiger partial charge in [-0.1, -0.05) is 38.5 Å². The number of nitrogens with two attached hydrogens (primary N) is 1. The van der Waals surface area contributed by atoms with E-state index in [4.69, 9.17) is 5.73 Å². The average molecular weight is 536 g/mol. The third-order valence-corrected chi connectivity index (χ3v) is 6.98. The van der Waals surface area contributed by atoms with Crippen molar-refractivity contribution < 1.29 is 29.4 Å². The average Bonchev–Trinajstić information content (AvgIpc) is 3.30. The highest BCUT2D eigenvalue weighted by molar-refractivity contribution is 7.98. The summed E-state index contributed by atoms with van der Waals surface area (Å²) in [5.41, 5.74) is 7.51. The molecule has 204 valence electrons. The molecule has 0 spiro atoms. The number of benzene rings is 1. The minimum atomic E-state index is -1.34. The van der Waals surface area contributed by atoms with Gasteiger partial charge in [-0.2, -0.15) is 11.8 Å². The number of fused-ring (bicyclic) bond motifs is 1. The molecule has 2 aromatic rings. The zero-order valence-electron chi connectivity index (χ0n) is 21.3. The lowest BCUT2D eigenvalue weighted by atomic mass is 9.99. The molecule has 3 amide bonds. The number of aliphatic carboxylic acids is 1.